The molecule has 2 aromatic carbocycles. The number of hydrogen-bond donors (Lipinski definition) is 2. The summed E-state index contributed by atoms with van der Waals surface area (Å²) in [5.74, 6) is -0.770. The van der Waals surface area contributed by atoms with Gasteiger partial charge >= 0.3 is 0 Å². The summed E-state index contributed by atoms with van der Waals surface area (Å²) >= 11 is 5.79. The molecule has 0 unspecified atom stereocenters. The van der Waals surface area contributed by atoms with Crippen LogP contribution in [0.5, 0.6) is 0 Å². The van der Waals surface area contributed by atoms with Crippen LogP contribution in [0.3, 0.4) is 0 Å². The Kier molecular flexibility index (Phi) is 3.71. The van der Waals surface area contributed by atoms with Gasteiger partial charge in [-0.2, -0.15) is 0 Å². The minimum Gasteiger partial charge on any atom is -0.398 e. The minimum atomic E-state index is -0.406. The molecule has 2 aromatic rings. The van der Waals surface area contributed by atoms with E-state index in [0.717, 1.165) is 5.56 Å². The van der Waals surface area contributed by atoms with Crippen LogP contribution in [0.4, 0.5) is 15.8 Å². The second-order valence-electron chi connectivity index (χ2n) is 4.15. The van der Waals surface area contributed by atoms with Crippen molar-refractivity contribution < 1.29 is 9.18 Å². The van der Waals surface area contributed by atoms with Gasteiger partial charge in [0.25, 0.3) is 5.91 Å². The highest BCUT2D eigenvalue weighted by Gasteiger charge is 2.10. The molecule has 0 heterocycles. The molecule has 19 heavy (non-hydrogen) atoms. The molecule has 0 bridgehead atoms. The second kappa shape index (κ2) is 5.28. The Labute approximate surface area is 115 Å². The number of halogens is 2. The van der Waals surface area contributed by atoms with Gasteiger partial charge in [0, 0.05) is 11.3 Å². The number of anilines is 2. The van der Waals surface area contributed by atoms with Crippen LogP contribution in [-0.2, 0) is 0 Å². The zero-order valence-corrected chi connectivity index (χ0v) is 11.0. The summed E-state index contributed by atoms with van der Waals surface area (Å²) in [4.78, 5) is 12.0. The molecule has 0 aliphatic rings. The maximum absolute atomic E-state index is 13.1. The molecule has 0 saturated carbocycles. The van der Waals surface area contributed by atoms with E-state index in [2.05, 4.69) is 5.32 Å². The number of carbonyl (C=O) groups is 1. The molecule has 0 radical (unpaired) electrons. The number of rotatable bonds is 2. The number of carbonyl (C=O) groups excluding carboxylic acids is 1. The third-order valence-corrected chi connectivity index (χ3v) is 3.05. The summed E-state index contributed by atoms with van der Waals surface area (Å²) in [6, 6.07) is 8.79. The number of amides is 1. The van der Waals surface area contributed by atoms with E-state index < -0.39 is 5.82 Å². The number of nitrogen functional groups attached to an aromatic ring is 1. The van der Waals surface area contributed by atoms with E-state index in [-0.39, 0.29) is 5.91 Å². The number of hydrogen-bond acceptors (Lipinski definition) is 2. The van der Waals surface area contributed by atoms with E-state index in [0.29, 0.717) is 22.0 Å². The normalized spacial score (nSPS) is 10.3. The van der Waals surface area contributed by atoms with Crippen LogP contribution in [-0.4, -0.2) is 5.91 Å². The predicted octanol–water partition coefficient (Wildman–Crippen LogP) is 3.62. The predicted molar refractivity (Wildman–Crippen MR) is 75.0 cm³/mol. The molecule has 0 aliphatic heterocycles. The first-order valence-electron chi connectivity index (χ1n) is 5.60. The molecule has 2 rings (SSSR count). The third kappa shape index (κ3) is 3.03. The van der Waals surface area contributed by atoms with Gasteiger partial charge in [-0.15, -0.1) is 0 Å². The van der Waals surface area contributed by atoms with E-state index in [1.54, 1.807) is 25.1 Å². The molecule has 3 N–H and O–H groups in total. The Bertz CT molecular complexity index is 643. The van der Waals surface area contributed by atoms with Crippen molar-refractivity contribution >= 4 is 28.9 Å². The van der Waals surface area contributed by atoms with Crippen molar-refractivity contribution in [1.29, 1.82) is 0 Å². The minimum absolute atomic E-state index is 0.324. The first-order chi connectivity index (χ1) is 8.97. The standard InChI is InChI=1S/C14H12ClFN2O/c1-8-2-4-10(16)7-13(8)18-14(19)9-3-5-11(15)12(17)6-9/h2-7H,17H2,1H3,(H,18,19). The van der Waals surface area contributed by atoms with E-state index in [1.165, 1.54) is 18.2 Å². The quantitative estimate of drug-likeness (QED) is 0.824. The molecule has 5 heteroatoms. The first kappa shape index (κ1) is 13.4. The average Bonchev–Trinajstić information content (AvgIpc) is 2.37. The van der Waals surface area contributed by atoms with E-state index in [1.807, 2.05) is 0 Å². The van der Waals surface area contributed by atoms with Crippen molar-refractivity contribution in [3.05, 3.63) is 58.4 Å². The van der Waals surface area contributed by atoms with Crippen molar-refractivity contribution in [3.8, 4) is 0 Å². The monoisotopic (exact) mass is 278 g/mol. The molecule has 0 aromatic heterocycles. The highest BCUT2D eigenvalue weighted by atomic mass is 35.5. The number of aryl methyl sites for hydroxylation is 1. The first-order valence-corrected chi connectivity index (χ1v) is 5.97. The lowest BCUT2D eigenvalue weighted by molar-refractivity contribution is 0.102. The summed E-state index contributed by atoms with van der Waals surface area (Å²) < 4.78 is 13.1. The molecule has 98 valence electrons. The van der Waals surface area contributed by atoms with Crippen LogP contribution in [0.1, 0.15) is 15.9 Å². The van der Waals surface area contributed by atoms with E-state index in [4.69, 9.17) is 17.3 Å². The van der Waals surface area contributed by atoms with Crippen LogP contribution >= 0.6 is 11.6 Å². The van der Waals surface area contributed by atoms with Crippen LogP contribution in [0.25, 0.3) is 0 Å². The van der Waals surface area contributed by atoms with Crippen molar-refractivity contribution in [2.75, 3.05) is 11.1 Å². The van der Waals surface area contributed by atoms with Crippen LogP contribution in [0, 0.1) is 12.7 Å². The molecular weight excluding hydrogens is 267 g/mol. The lowest BCUT2D eigenvalue weighted by Gasteiger charge is -2.09. The molecule has 0 saturated heterocycles. The summed E-state index contributed by atoms with van der Waals surface area (Å²) in [6.07, 6.45) is 0. The number of nitrogens with two attached hydrogens (primary N) is 1. The number of benzene rings is 2. The molecule has 0 atom stereocenters. The zero-order chi connectivity index (χ0) is 14.0. The zero-order valence-electron chi connectivity index (χ0n) is 10.2. The Morgan fingerprint density at radius 1 is 1.26 bits per heavy atom. The van der Waals surface area contributed by atoms with Gasteiger partial charge in [-0.25, -0.2) is 4.39 Å². The molecule has 0 fully saturated rings. The van der Waals surface area contributed by atoms with Crippen molar-refractivity contribution in [2.45, 2.75) is 6.92 Å². The van der Waals surface area contributed by atoms with Gasteiger partial charge in [0.1, 0.15) is 5.82 Å². The summed E-state index contributed by atoms with van der Waals surface area (Å²) in [7, 11) is 0. The smallest absolute Gasteiger partial charge is 0.255 e. The Morgan fingerprint density at radius 2 is 2.00 bits per heavy atom. The van der Waals surface area contributed by atoms with Crippen molar-refractivity contribution in [3.63, 3.8) is 0 Å². The summed E-state index contributed by atoms with van der Waals surface area (Å²) in [6.45, 7) is 1.78. The fourth-order valence-electron chi connectivity index (χ4n) is 1.61. The van der Waals surface area contributed by atoms with Crippen molar-refractivity contribution in [2.24, 2.45) is 0 Å². The summed E-state index contributed by atoms with van der Waals surface area (Å²) in [5, 5.41) is 3.02. The average molecular weight is 279 g/mol. The Balaban J connectivity index is 2.25. The van der Waals surface area contributed by atoms with Crippen molar-refractivity contribution in [1.82, 2.24) is 0 Å². The van der Waals surface area contributed by atoms with Crippen LogP contribution < -0.4 is 11.1 Å². The van der Waals surface area contributed by atoms with Crippen LogP contribution in [0.15, 0.2) is 36.4 Å². The summed E-state index contributed by atoms with van der Waals surface area (Å²) in [5.41, 5.74) is 7.53. The Morgan fingerprint density at radius 3 is 2.68 bits per heavy atom. The molecule has 0 spiro atoms. The molecule has 0 aliphatic carbocycles. The Hall–Kier alpha value is -2.07. The fourth-order valence-corrected chi connectivity index (χ4v) is 1.73. The fraction of sp³-hybridized carbons (Fsp3) is 0.0714. The molecular formula is C14H12ClFN2O. The van der Waals surface area contributed by atoms with Crippen LogP contribution in [0.2, 0.25) is 5.02 Å². The van der Waals surface area contributed by atoms with Gasteiger partial charge in [-0.05, 0) is 42.8 Å². The topological polar surface area (TPSA) is 55.1 Å². The van der Waals surface area contributed by atoms with Gasteiger partial charge in [0.05, 0.1) is 10.7 Å². The largest absolute Gasteiger partial charge is 0.398 e. The van der Waals surface area contributed by atoms with Gasteiger partial charge in [0.15, 0.2) is 0 Å². The van der Waals surface area contributed by atoms with Gasteiger partial charge < -0.3 is 11.1 Å². The third-order valence-electron chi connectivity index (χ3n) is 2.71. The van der Waals surface area contributed by atoms with E-state index in [9.17, 15) is 9.18 Å². The second-order valence-corrected chi connectivity index (χ2v) is 4.56. The molecule has 1 amide bonds. The SMILES string of the molecule is Cc1ccc(F)cc1NC(=O)c1ccc(Cl)c(N)c1. The van der Waals surface area contributed by atoms with E-state index >= 15 is 0 Å². The highest BCUT2D eigenvalue weighted by Crippen LogP contribution is 2.21. The molecule has 3 nitrogen and oxygen atoms in total. The van der Waals surface area contributed by atoms with Gasteiger partial charge in [-0.1, -0.05) is 17.7 Å². The highest BCUT2D eigenvalue weighted by molar-refractivity contribution is 6.33. The lowest BCUT2D eigenvalue weighted by atomic mass is 10.1. The lowest BCUT2D eigenvalue weighted by Crippen LogP contribution is -2.13. The van der Waals surface area contributed by atoms with Gasteiger partial charge in [0.2, 0.25) is 0 Å². The number of nitrogens with one attached hydrogen (secondary N) is 1. The maximum atomic E-state index is 13.1. The maximum Gasteiger partial charge on any atom is 0.255 e. The van der Waals surface area contributed by atoms with Gasteiger partial charge in [-0.3, -0.25) is 4.79 Å².